The molecule has 3 rings (SSSR count). The summed E-state index contributed by atoms with van der Waals surface area (Å²) in [5.41, 5.74) is 3.83. The summed E-state index contributed by atoms with van der Waals surface area (Å²) in [7, 11) is 0. The second-order valence-corrected chi connectivity index (χ2v) is 6.42. The van der Waals surface area contributed by atoms with Crippen molar-refractivity contribution in [1.29, 1.82) is 0 Å². The van der Waals surface area contributed by atoms with Gasteiger partial charge in [0.15, 0.2) is 0 Å². The van der Waals surface area contributed by atoms with E-state index in [9.17, 15) is 4.79 Å². The van der Waals surface area contributed by atoms with E-state index >= 15 is 0 Å². The van der Waals surface area contributed by atoms with Crippen LogP contribution in [0, 0.1) is 6.92 Å². The molecule has 124 valence electrons. The van der Waals surface area contributed by atoms with Crippen LogP contribution in [-0.2, 0) is 11.3 Å². The molecule has 2 aromatic rings. The first-order valence-corrected chi connectivity index (χ1v) is 8.62. The highest BCUT2D eigenvalue weighted by molar-refractivity contribution is 5.91. The molecule has 2 aromatic carbocycles. The van der Waals surface area contributed by atoms with Crippen LogP contribution in [0.15, 0.2) is 60.7 Å². The molecule has 0 spiro atoms. The van der Waals surface area contributed by atoms with Crippen molar-refractivity contribution in [2.75, 3.05) is 26.2 Å². The van der Waals surface area contributed by atoms with Gasteiger partial charge in [0, 0.05) is 11.6 Å². The van der Waals surface area contributed by atoms with Crippen LogP contribution >= 0.6 is 0 Å². The van der Waals surface area contributed by atoms with Crippen LogP contribution in [0.5, 0.6) is 0 Å². The molecule has 0 unspecified atom stereocenters. The summed E-state index contributed by atoms with van der Waals surface area (Å²) < 4.78 is 0. The number of aryl methyl sites for hydroxylation is 1. The maximum absolute atomic E-state index is 12.3. The van der Waals surface area contributed by atoms with Crippen molar-refractivity contribution in [3.8, 4) is 0 Å². The van der Waals surface area contributed by atoms with E-state index in [0.29, 0.717) is 0 Å². The predicted molar refractivity (Wildman–Crippen MR) is 97.6 cm³/mol. The second kappa shape index (κ2) is 7.93. The third kappa shape index (κ3) is 4.33. The second-order valence-electron chi connectivity index (χ2n) is 6.42. The maximum atomic E-state index is 12.3. The molecule has 1 fully saturated rings. The van der Waals surface area contributed by atoms with Crippen LogP contribution in [0.2, 0.25) is 0 Å². The number of quaternary nitrogens is 1. The molecule has 0 saturated carbocycles. The highest BCUT2D eigenvalue weighted by Gasteiger charge is 2.22. The van der Waals surface area contributed by atoms with Gasteiger partial charge in [0.1, 0.15) is 6.54 Å². The van der Waals surface area contributed by atoms with E-state index in [2.05, 4.69) is 31.2 Å². The maximum Gasteiger partial charge on any atom is 0.246 e. The lowest BCUT2D eigenvalue weighted by Gasteiger charge is -2.32. The van der Waals surface area contributed by atoms with Crippen LogP contribution in [-0.4, -0.2) is 37.0 Å². The molecule has 1 aliphatic rings. The number of carbonyl (C=O) groups is 1. The lowest BCUT2D eigenvalue weighted by Crippen LogP contribution is -3.13. The normalized spacial score (nSPS) is 15.8. The highest BCUT2D eigenvalue weighted by Crippen LogP contribution is 2.06. The van der Waals surface area contributed by atoms with E-state index in [0.717, 1.165) is 38.3 Å². The van der Waals surface area contributed by atoms with Crippen LogP contribution in [0.1, 0.15) is 16.7 Å². The van der Waals surface area contributed by atoms with Crippen molar-refractivity contribution in [3.63, 3.8) is 0 Å². The van der Waals surface area contributed by atoms with E-state index in [4.69, 9.17) is 0 Å². The van der Waals surface area contributed by atoms with Gasteiger partial charge >= 0.3 is 0 Å². The third-order valence-corrected chi connectivity index (χ3v) is 4.70. The van der Waals surface area contributed by atoms with Gasteiger partial charge in [-0.2, -0.15) is 0 Å². The number of benzene rings is 2. The van der Waals surface area contributed by atoms with Gasteiger partial charge in [-0.25, -0.2) is 0 Å². The first kappa shape index (κ1) is 16.5. The van der Waals surface area contributed by atoms with E-state index in [1.54, 1.807) is 11.0 Å². The van der Waals surface area contributed by atoms with E-state index in [-0.39, 0.29) is 5.91 Å². The molecule has 0 atom stereocenters. The van der Waals surface area contributed by atoms with Crippen molar-refractivity contribution in [2.24, 2.45) is 0 Å². The molecule has 0 aliphatic carbocycles. The Morgan fingerprint density at radius 1 is 1.04 bits per heavy atom. The fourth-order valence-corrected chi connectivity index (χ4v) is 3.13. The predicted octanol–water partition coefficient (Wildman–Crippen LogP) is 1.94. The molecule has 1 saturated heterocycles. The molecule has 1 amide bonds. The summed E-state index contributed by atoms with van der Waals surface area (Å²) >= 11 is 0. The van der Waals surface area contributed by atoms with Crippen LogP contribution in [0.25, 0.3) is 6.08 Å². The van der Waals surface area contributed by atoms with Crippen molar-refractivity contribution >= 4 is 12.0 Å². The fourth-order valence-electron chi connectivity index (χ4n) is 3.13. The van der Waals surface area contributed by atoms with Crippen molar-refractivity contribution in [3.05, 3.63) is 77.4 Å². The third-order valence-electron chi connectivity index (χ3n) is 4.70. The summed E-state index contributed by atoms with van der Waals surface area (Å²) in [5, 5.41) is 0. The Balaban J connectivity index is 1.50. The molecule has 3 heteroatoms. The van der Waals surface area contributed by atoms with Gasteiger partial charge in [-0.1, -0.05) is 54.6 Å². The largest absolute Gasteiger partial charge is 0.328 e. The Hall–Kier alpha value is -2.39. The van der Waals surface area contributed by atoms with Gasteiger partial charge < -0.3 is 9.80 Å². The number of rotatable bonds is 4. The Morgan fingerprint density at radius 3 is 2.42 bits per heavy atom. The minimum Gasteiger partial charge on any atom is -0.328 e. The Labute approximate surface area is 144 Å². The molecule has 0 bridgehead atoms. The summed E-state index contributed by atoms with van der Waals surface area (Å²) in [4.78, 5) is 15.8. The fraction of sp³-hybridized carbons (Fsp3) is 0.286. The Morgan fingerprint density at radius 2 is 1.71 bits per heavy atom. The number of amides is 1. The van der Waals surface area contributed by atoms with Gasteiger partial charge in [-0.05, 0) is 24.1 Å². The Bertz CT molecular complexity index is 701. The van der Waals surface area contributed by atoms with E-state index in [1.807, 2.05) is 41.3 Å². The van der Waals surface area contributed by atoms with Gasteiger partial charge in [-0.15, -0.1) is 0 Å². The topological polar surface area (TPSA) is 24.8 Å². The average molecular weight is 321 g/mol. The molecule has 24 heavy (non-hydrogen) atoms. The average Bonchev–Trinajstić information content (AvgIpc) is 2.63. The Kier molecular flexibility index (Phi) is 5.44. The number of hydrogen-bond donors (Lipinski definition) is 1. The molecule has 1 N–H and O–H groups in total. The van der Waals surface area contributed by atoms with E-state index in [1.165, 1.54) is 11.1 Å². The number of nitrogens with one attached hydrogen (secondary N) is 1. The number of carbonyl (C=O) groups excluding carboxylic acids is 1. The summed E-state index contributed by atoms with van der Waals surface area (Å²) in [6.45, 7) is 6.91. The lowest BCUT2D eigenvalue weighted by molar-refractivity contribution is -0.917. The minimum atomic E-state index is 0.119. The standard InChI is InChI=1S/C21H24N2O/c1-18-7-5-6-10-20(18)17-22-13-15-23(16-14-22)21(24)12-11-19-8-3-2-4-9-19/h2-12H,13-17H2,1H3/p+1/b12-11+. The molecule has 1 heterocycles. The molecule has 3 nitrogen and oxygen atoms in total. The quantitative estimate of drug-likeness (QED) is 0.855. The molecule has 1 aliphatic heterocycles. The molecule has 0 radical (unpaired) electrons. The first-order chi connectivity index (χ1) is 11.7. The van der Waals surface area contributed by atoms with Gasteiger partial charge in [0.25, 0.3) is 0 Å². The van der Waals surface area contributed by atoms with Crippen LogP contribution in [0.3, 0.4) is 0 Å². The van der Waals surface area contributed by atoms with Gasteiger partial charge in [-0.3, -0.25) is 4.79 Å². The zero-order valence-electron chi connectivity index (χ0n) is 14.2. The smallest absolute Gasteiger partial charge is 0.246 e. The lowest BCUT2D eigenvalue weighted by atomic mass is 10.1. The first-order valence-electron chi connectivity index (χ1n) is 8.62. The molecule has 0 aromatic heterocycles. The number of nitrogens with zero attached hydrogens (tertiary/aromatic N) is 1. The highest BCUT2D eigenvalue weighted by atomic mass is 16.2. The van der Waals surface area contributed by atoms with Crippen molar-refractivity contribution < 1.29 is 9.69 Å². The zero-order chi connectivity index (χ0) is 16.8. The van der Waals surface area contributed by atoms with E-state index < -0.39 is 0 Å². The van der Waals surface area contributed by atoms with Crippen LogP contribution < -0.4 is 4.90 Å². The molecular weight excluding hydrogens is 296 g/mol. The minimum absolute atomic E-state index is 0.119. The zero-order valence-corrected chi connectivity index (χ0v) is 14.2. The molecular formula is C21H25N2O+. The summed E-state index contributed by atoms with van der Waals surface area (Å²) in [5.74, 6) is 0.119. The van der Waals surface area contributed by atoms with Crippen LogP contribution in [0.4, 0.5) is 0 Å². The number of hydrogen-bond acceptors (Lipinski definition) is 1. The number of piperazine rings is 1. The van der Waals surface area contributed by atoms with Crippen molar-refractivity contribution in [1.82, 2.24) is 4.90 Å². The summed E-state index contributed by atoms with van der Waals surface area (Å²) in [6.07, 6.45) is 3.59. The monoisotopic (exact) mass is 321 g/mol. The summed E-state index contributed by atoms with van der Waals surface area (Å²) in [6, 6.07) is 18.5. The van der Waals surface area contributed by atoms with Gasteiger partial charge in [0.05, 0.1) is 26.2 Å². The van der Waals surface area contributed by atoms with Gasteiger partial charge in [0.2, 0.25) is 5.91 Å². The van der Waals surface area contributed by atoms with Crippen molar-refractivity contribution in [2.45, 2.75) is 13.5 Å². The SMILES string of the molecule is Cc1ccccc1C[NH+]1CCN(C(=O)/C=C/c2ccccc2)CC1.